The van der Waals surface area contributed by atoms with Crippen molar-refractivity contribution in [2.24, 2.45) is 4.99 Å². The molecule has 0 unspecified atom stereocenters. The highest BCUT2D eigenvalue weighted by atomic mass is 35.5. The normalized spacial score (nSPS) is 17.8. The standard InChI is InChI=1S/C18H15ClN2OS/c1-11-3-8-15(9-12(11)2)20-18-21-17(22)16(23-18)10-13-4-6-14(19)7-5-13/h3-10H,1-2H3,(H,20,21,22). The average Bonchev–Trinajstić information content (AvgIpc) is 2.85. The van der Waals surface area contributed by atoms with E-state index in [1.807, 2.05) is 43.3 Å². The number of halogens is 1. The number of rotatable bonds is 2. The Balaban J connectivity index is 1.82. The molecule has 23 heavy (non-hydrogen) atoms. The van der Waals surface area contributed by atoms with E-state index in [9.17, 15) is 4.79 Å². The maximum absolute atomic E-state index is 12.1. The first-order valence-electron chi connectivity index (χ1n) is 7.14. The number of hydrogen-bond acceptors (Lipinski definition) is 3. The van der Waals surface area contributed by atoms with E-state index in [2.05, 4.69) is 17.2 Å². The van der Waals surface area contributed by atoms with Crippen LogP contribution in [0.3, 0.4) is 0 Å². The number of carbonyl (C=O) groups is 1. The van der Waals surface area contributed by atoms with E-state index < -0.39 is 0 Å². The van der Waals surface area contributed by atoms with Crippen LogP contribution in [0.15, 0.2) is 52.4 Å². The molecule has 1 heterocycles. The fraction of sp³-hybridized carbons (Fsp3) is 0.111. The van der Waals surface area contributed by atoms with Crippen LogP contribution in [0.1, 0.15) is 16.7 Å². The van der Waals surface area contributed by atoms with Gasteiger partial charge in [-0.15, -0.1) is 0 Å². The summed E-state index contributed by atoms with van der Waals surface area (Å²) in [4.78, 5) is 17.2. The first kappa shape index (κ1) is 15.8. The van der Waals surface area contributed by atoms with Crippen molar-refractivity contribution < 1.29 is 4.79 Å². The van der Waals surface area contributed by atoms with Crippen LogP contribution in [0.2, 0.25) is 5.02 Å². The molecule has 5 heteroatoms. The Kier molecular flexibility index (Phi) is 4.55. The number of benzene rings is 2. The van der Waals surface area contributed by atoms with Gasteiger partial charge in [-0.25, -0.2) is 4.99 Å². The summed E-state index contributed by atoms with van der Waals surface area (Å²) in [5.41, 5.74) is 4.17. The quantitative estimate of drug-likeness (QED) is 0.793. The predicted octanol–water partition coefficient (Wildman–Crippen LogP) is 4.85. The third-order valence-electron chi connectivity index (χ3n) is 3.54. The minimum atomic E-state index is -0.132. The van der Waals surface area contributed by atoms with Crippen molar-refractivity contribution in [1.82, 2.24) is 5.32 Å². The van der Waals surface area contributed by atoms with Gasteiger partial charge in [-0.2, -0.15) is 0 Å². The van der Waals surface area contributed by atoms with Gasteiger partial charge in [0.25, 0.3) is 5.91 Å². The van der Waals surface area contributed by atoms with Crippen molar-refractivity contribution >= 4 is 46.2 Å². The van der Waals surface area contributed by atoms with Gasteiger partial charge in [0.15, 0.2) is 5.17 Å². The van der Waals surface area contributed by atoms with Crippen LogP contribution < -0.4 is 5.32 Å². The smallest absolute Gasteiger partial charge is 0.264 e. The van der Waals surface area contributed by atoms with Crippen molar-refractivity contribution in [3.8, 4) is 0 Å². The number of aliphatic imine (C=N–C) groups is 1. The van der Waals surface area contributed by atoms with Crippen LogP contribution >= 0.6 is 23.4 Å². The fourth-order valence-corrected chi connectivity index (χ4v) is 3.07. The second kappa shape index (κ2) is 6.60. The highest BCUT2D eigenvalue weighted by Gasteiger charge is 2.23. The number of amides is 1. The molecule has 0 bridgehead atoms. The molecule has 1 aliphatic heterocycles. The fourth-order valence-electron chi connectivity index (χ4n) is 2.10. The van der Waals surface area contributed by atoms with Crippen molar-refractivity contribution in [3.05, 3.63) is 69.1 Å². The summed E-state index contributed by atoms with van der Waals surface area (Å²) in [5.74, 6) is -0.132. The second-order valence-electron chi connectivity index (χ2n) is 5.30. The Morgan fingerprint density at radius 3 is 2.52 bits per heavy atom. The zero-order valence-electron chi connectivity index (χ0n) is 12.8. The molecule has 3 nitrogen and oxygen atoms in total. The zero-order valence-corrected chi connectivity index (χ0v) is 14.3. The molecule has 0 spiro atoms. The van der Waals surface area contributed by atoms with Crippen LogP contribution in [0.5, 0.6) is 0 Å². The first-order chi connectivity index (χ1) is 11.0. The molecular formula is C18H15ClN2OS. The molecule has 1 saturated heterocycles. The van der Waals surface area contributed by atoms with Crippen LogP contribution in [0, 0.1) is 13.8 Å². The van der Waals surface area contributed by atoms with E-state index >= 15 is 0 Å². The maximum Gasteiger partial charge on any atom is 0.264 e. The monoisotopic (exact) mass is 342 g/mol. The summed E-state index contributed by atoms with van der Waals surface area (Å²) in [6, 6.07) is 13.3. The molecule has 0 radical (unpaired) electrons. The molecule has 0 aliphatic carbocycles. The lowest BCUT2D eigenvalue weighted by atomic mass is 10.1. The van der Waals surface area contributed by atoms with Crippen molar-refractivity contribution in [3.63, 3.8) is 0 Å². The average molecular weight is 343 g/mol. The molecule has 0 saturated carbocycles. The lowest BCUT2D eigenvalue weighted by molar-refractivity contribution is -0.115. The van der Waals surface area contributed by atoms with Crippen LogP contribution in [0.4, 0.5) is 5.69 Å². The highest BCUT2D eigenvalue weighted by Crippen LogP contribution is 2.28. The van der Waals surface area contributed by atoms with E-state index in [4.69, 9.17) is 11.6 Å². The summed E-state index contributed by atoms with van der Waals surface area (Å²) in [6.45, 7) is 4.11. The molecular weight excluding hydrogens is 328 g/mol. The van der Waals surface area contributed by atoms with Gasteiger partial charge in [0.2, 0.25) is 0 Å². The Morgan fingerprint density at radius 2 is 1.83 bits per heavy atom. The van der Waals surface area contributed by atoms with Gasteiger partial charge >= 0.3 is 0 Å². The van der Waals surface area contributed by atoms with Crippen LogP contribution in [-0.4, -0.2) is 11.1 Å². The summed E-state index contributed by atoms with van der Waals surface area (Å²) in [5, 5.41) is 4.07. The molecule has 1 amide bonds. The summed E-state index contributed by atoms with van der Waals surface area (Å²) in [7, 11) is 0. The Morgan fingerprint density at radius 1 is 1.09 bits per heavy atom. The molecule has 1 N–H and O–H groups in total. The number of nitrogens with zero attached hydrogens (tertiary/aromatic N) is 1. The van der Waals surface area contributed by atoms with Gasteiger partial charge in [0.05, 0.1) is 10.6 Å². The van der Waals surface area contributed by atoms with Crippen LogP contribution in [0.25, 0.3) is 6.08 Å². The Labute approximate surface area is 144 Å². The van der Waals surface area contributed by atoms with Gasteiger partial charge in [-0.3, -0.25) is 4.79 Å². The lowest BCUT2D eigenvalue weighted by Crippen LogP contribution is -2.19. The third kappa shape index (κ3) is 3.84. The number of thioether (sulfide) groups is 1. The molecule has 2 aromatic carbocycles. The summed E-state index contributed by atoms with van der Waals surface area (Å²) < 4.78 is 0. The van der Waals surface area contributed by atoms with E-state index in [0.717, 1.165) is 11.3 Å². The predicted molar refractivity (Wildman–Crippen MR) is 98.2 cm³/mol. The zero-order chi connectivity index (χ0) is 16.4. The SMILES string of the molecule is Cc1ccc(N=C2NC(=O)C(=Cc3ccc(Cl)cc3)S2)cc1C. The molecule has 1 aliphatic rings. The topological polar surface area (TPSA) is 41.5 Å². The van der Waals surface area contributed by atoms with E-state index in [1.165, 1.54) is 22.9 Å². The number of amidine groups is 1. The van der Waals surface area contributed by atoms with Gasteiger partial charge in [0, 0.05) is 5.02 Å². The minimum Gasteiger partial charge on any atom is -0.300 e. The minimum absolute atomic E-state index is 0.132. The van der Waals surface area contributed by atoms with Crippen LogP contribution in [-0.2, 0) is 4.79 Å². The maximum atomic E-state index is 12.1. The van der Waals surface area contributed by atoms with Crippen molar-refractivity contribution in [1.29, 1.82) is 0 Å². The molecule has 1 fully saturated rings. The molecule has 3 rings (SSSR count). The third-order valence-corrected chi connectivity index (χ3v) is 4.70. The van der Waals surface area contributed by atoms with Crippen molar-refractivity contribution in [2.75, 3.05) is 0 Å². The van der Waals surface area contributed by atoms with Gasteiger partial charge in [-0.05, 0) is 72.6 Å². The van der Waals surface area contributed by atoms with E-state index in [1.54, 1.807) is 12.1 Å². The Hall–Kier alpha value is -2.04. The van der Waals surface area contributed by atoms with Gasteiger partial charge in [0.1, 0.15) is 0 Å². The summed E-state index contributed by atoms with van der Waals surface area (Å²) >= 11 is 7.21. The first-order valence-corrected chi connectivity index (χ1v) is 8.33. The molecule has 0 aromatic heterocycles. The molecule has 2 aromatic rings. The number of carbonyl (C=O) groups excluding carboxylic acids is 1. The number of aryl methyl sites for hydroxylation is 2. The largest absolute Gasteiger partial charge is 0.300 e. The highest BCUT2D eigenvalue weighted by molar-refractivity contribution is 8.18. The van der Waals surface area contributed by atoms with Gasteiger partial charge in [-0.1, -0.05) is 29.8 Å². The number of hydrogen-bond donors (Lipinski definition) is 1. The molecule has 116 valence electrons. The second-order valence-corrected chi connectivity index (χ2v) is 6.77. The van der Waals surface area contributed by atoms with E-state index in [-0.39, 0.29) is 5.91 Å². The Bertz CT molecular complexity index is 825. The lowest BCUT2D eigenvalue weighted by Gasteiger charge is -2.01. The molecule has 0 atom stereocenters. The van der Waals surface area contributed by atoms with Gasteiger partial charge < -0.3 is 5.32 Å². The van der Waals surface area contributed by atoms with E-state index in [0.29, 0.717) is 15.1 Å². The summed E-state index contributed by atoms with van der Waals surface area (Å²) in [6.07, 6.45) is 1.83. The number of nitrogens with one attached hydrogen (secondary N) is 1. The van der Waals surface area contributed by atoms with Crippen molar-refractivity contribution in [2.45, 2.75) is 13.8 Å².